The van der Waals surface area contributed by atoms with Gasteiger partial charge in [-0.1, -0.05) is 0 Å². The largest absolute Gasteiger partial charge is 0.480 e. The third kappa shape index (κ3) is 4.37. The zero-order valence-corrected chi connectivity index (χ0v) is 9.90. The molecule has 1 heterocycles. The van der Waals surface area contributed by atoms with Crippen LogP contribution in [0.1, 0.15) is 12.6 Å². The summed E-state index contributed by atoms with van der Waals surface area (Å²) >= 11 is 1.40. The van der Waals surface area contributed by atoms with Crippen LogP contribution in [0.4, 0.5) is 4.79 Å². The molecule has 1 aromatic heterocycles. The number of carboxylic acids is 1. The Morgan fingerprint density at radius 1 is 1.59 bits per heavy atom. The minimum atomic E-state index is -1.33. The molecule has 2 atom stereocenters. The Bertz CT molecular complexity index is 380. The Morgan fingerprint density at radius 2 is 2.29 bits per heavy atom. The number of amides is 2. The van der Waals surface area contributed by atoms with Crippen LogP contribution in [0.25, 0.3) is 0 Å². The summed E-state index contributed by atoms with van der Waals surface area (Å²) in [5, 5.41) is 24.2. The average molecular weight is 259 g/mol. The number of carbonyl (C=O) groups excluding carboxylic acids is 1. The second kappa shape index (κ2) is 6.16. The number of nitrogens with zero attached hydrogens (tertiary/aromatic N) is 1. The third-order valence-corrected chi connectivity index (χ3v) is 2.58. The van der Waals surface area contributed by atoms with Crippen molar-refractivity contribution in [2.24, 2.45) is 0 Å². The highest BCUT2D eigenvalue weighted by Gasteiger charge is 2.24. The number of aromatic nitrogens is 1. The van der Waals surface area contributed by atoms with Gasteiger partial charge in [0.1, 0.15) is 0 Å². The Balaban J connectivity index is 2.40. The van der Waals surface area contributed by atoms with Gasteiger partial charge in [0.2, 0.25) is 0 Å². The quantitative estimate of drug-likeness (QED) is 0.584. The van der Waals surface area contributed by atoms with Crippen LogP contribution in [0, 0.1) is 0 Å². The van der Waals surface area contributed by atoms with Gasteiger partial charge in [-0.2, -0.15) is 0 Å². The summed E-state index contributed by atoms with van der Waals surface area (Å²) in [6, 6.07) is -1.99. The number of hydrogen-bond donors (Lipinski definition) is 4. The summed E-state index contributed by atoms with van der Waals surface area (Å²) in [6.45, 7) is 1.50. The normalized spacial score (nSPS) is 13.8. The molecule has 1 aromatic rings. The van der Waals surface area contributed by atoms with Gasteiger partial charge in [-0.15, -0.1) is 11.3 Å². The SMILES string of the molecule is C[C@@H](O)[C@H](NC(=O)NCc1cscn1)C(=O)O. The summed E-state index contributed by atoms with van der Waals surface area (Å²) in [6.07, 6.45) is -1.17. The first kappa shape index (κ1) is 13.4. The summed E-state index contributed by atoms with van der Waals surface area (Å²) < 4.78 is 0. The highest BCUT2D eigenvalue weighted by molar-refractivity contribution is 7.07. The maximum Gasteiger partial charge on any atom is 0.328 e. The Hall–Kier alpha value is -1.67. The maximum absolute atomic E-state index is 11.3. The van der Waals surface area contributed by atoms with Crippen molar-refractivity contribution in [1.29, 1.82) is 0 Å². The maximum atomic E-state index is 11.3. The second-order valence-electron chi connectivity index (χ2n) is 3.36. The molecule has 0 radical (unpaired) electrons. The summed E-state index contributed by atoms with van der Waals surface area (Å²) in [5.74, 6) is -1.29. The lowest BCUT2D eigenvalue weighted by atomic mass is 10.2. The van der Waals surface area contributed by atoms with Gasteiger partial charge in [0.25, 0.3) is 0 Å². The van der Waals surface area contributed by atoms with E-state index in [-0.39, 0.29) is 6.54 Å². The predicted molar refractivity (Wildman–Crippen MR) is 60.6 cm³/mol. The summed E-state index contributed by atoms with van der Waals surface area (Å²) in [7, 11) is 0. The van der Waals surface area contributed by atoms with Crippen molar-refractivity contribution < 1.29 is 19.8 Å². The van der Waals surface area contributed by atoms with Crippen LogP contribution >= 0.6 is 11.3 Å². The molecule has 0 bridgehead atoms. The van der Waals surface area contributed by atoms with Crippen LogP contribution in [0.2, 0.25) is 0 Å². The van der Waals surface area contributed by atoms with Gasteiger partial charge in [0.05, 0.1) is 23.9 Å². The number of urea groups is 1. The van der Waals surface area contributed by atoms with E-state index in [1.807, 2.05) is 0 Å². The minimum Gasteiger partial charge on any atom is -0.480 e. The number of thiazole rings is 1. The van der Waals surface area contributed by atoms with Crippen LogP contribution in [-0.4, -0.2) is 39.3 Å². The van der Waals surface area contributed by atoms with E-state index in [1.165, 1.54) is 18.3 Å². The van der Waals surface area contributed by atoms with Crippen molar-refractivity contribution in [3.63, 3.8) is 0 Å². The molecule has 4 N–H and O–H groups in total. The number of aliphatic hydroxyl groups excluding tert-OH is 1. The number of aliphatic hydroxyl groups is 1. The van der Waals surface area contributed by atoms with Crippen LogP contribution in [0.15, 0.2) is 10.9 Å². The van der Waals surface area contributed by atoms with Gasteiger partial charge in [0, 0.05) is 5.38 Å². The lowest BCUT2D eigenvalue weighted by molar-refractivity contribution is -0.141. The third-order valence-electron chi connectivity index (χ3n) is 1.95. The monoisotopic (exact) mass is 259 g/mol. The van der Waals surface area contributed by atoms with Crippen molar-refractivity contribution in [2.75, 3.05) is 0 Å². The minimum absolute atomic E-state index is 0.210. The summed E-state index contributed by atoms with van der Waals surface area (Å²) in [5.41, 5.74) is 2.32. The fourth-order valence-electron chi connectivity index (χ4n) is 1.08. The van der Waals surface area contributed by atoms with Gasteiger partial charge in [-0.25, -0.2) is 14.6 Å². The van der Waals surface area contributed by atoms with E-state index in [0.717, 1.165) is 0 Å². The topological polar surface area (TPSA) is 112 Å². The highest BCUT2D eigenvalue weighted by Crippen LogP contribution is 1.99. The number of carbonyl (C=O) groups is 2. The number of carboxylic acid groups (broad SMARTS) is 1. The van der Waals surface area contributed by atoms with E-state index in [4.69, 9.17) is 10.2 Å². The average Bonchev–Trinajstić information content (AvgIpc) is 2.74. The van der Waals surface area contributed by atoms with Crippen LogP contribution < -0.4 is 10.6 Å². The van der Waals surface area contributed by atoms with Crippen molar-refractivity contribution in [1.82, 2.24) is 15.6 Å². The Morgan fingerprint density at radius 3 is 2.76 bits per heavy atom. The van der Waals surface area contributed by atoms with Crippen LogP contribution in [-0.2, 0) is 11.3 Å². The molecule has 17 heavy (non-hydrogen) atoms. The molecule has 0 aliphatic rings. The zero-order valence-electron chi connectivity index (χ0n) is 9.08. The number of nitrogens with one attached hydrogen (secondary N) is 2. The lowest BCUT2D eigenvalue weighted by Gasteiger charge is -2.17. The highest BCUT2D eigenvalue weighted by atomic mass is 32.1. The summed E-state index contributed by atoms with van der Waals surface area (Å²) in [4.78, 5) is 26.0. The molecule has 0 aromatic carbocycles. The van der Waals surface area contributed by atoms with Gasteiger partial charge in [-0.05, 0) is 6.92 Å². The lowest BCUT2D eigenvalue weighted by Crippen LogP contribution is -2.50. The molecular formula is C9H13N3O4S. The van der Waals surface area contributed by atoms with E-state index in [9.17, 15) is 9.59 Å². The number of aliphatic carboxylic acids is 1. The van der Waals surface area contributed by atoms with Crippen molar-refractivity contribution in [3.8, 4) is 0 Å². The molecule has 7 nitrogen and oxygen atoms in total. The Labute approximate surface area is 101 Å². The van der Waals surface area contributed by atoms with E-state index in [2.05, 4.69) is 15.6 Å². The zero-order chi connectivity index (χ0) is 12.8. The fraction of sp³-hybridized carbons (Fsp3) is 0.444. The smallest absolute Gasteiger partial charge is 0.328 e. The van der Waals surface area contributed by atoms with Crippen LogP contribution in [0.5, 0.6) is 0 Å². The van der Waals surface area contributed by atoms with Crippen molar-refractivity contribution in [2.45, 2.75) is 25.6 Å². The van der Waals surface area contributed by atoms with E-state index < -0.39 is 24.1 Å². The predicted octanol–water partition coefficient (Wildman–Crippen LogP) is -0.224. The molecule has 1 rings (SSSR count). The van der Waals surface area contributed by atoms with E-state index >= 15 is 0 Å². The molecule has 0 aliphatic carbocycles. The first-order valence-corrected chi connectivity index (χ1v) is 5.77. The molecular weight excluding hydrogens is 246 g/mol. The molecule has 0 spiro atoms. The molecule has 0 fully saturated rings. The molecule has 94 valence electrons. The molecule has 0 unspecified atom stereocenters. The molecule has 0 aliphatic heterocycles. The molecule has 0 saturated heterocycles. The van der Waals surface area contributed by atoms with Crippen molar-refractivity contribution >= 4 is 23.3 Å². The molecule has 8 heteroatoms. The van der Waals surface area contributed by atoms with Crippen molar-refractivity contribution in [3.05, 3.63) is 16.6 Å². The van der Waals surface area contributed by atoms with Gasteiger partial charge in [-0.3, -0.25) is 0 Å². The van der Waals surface area contributed by atoms with Gasteiger partial charge < -0.3 is 20.8 Å². The number of rotatable bonds is 5. The van der Waals surface area contributed by atoms with Crippen LogP contribution in [0.3, 0.4) is 0 Å². The van der Waals surface area contributed by atoms with Gasteiger partial charge >= 0.3 is 12.0 Å². The Kier molecular flexibility index (Phi) is 4.85. The fourth-order valence-corrected chi connectivity index (χ4v) is 1.64. The van der Waals surface area contributed by atoms with E-state index in [1.54, 1.807) is 10.9 Å². The first-order valence-electron chi connectivity index (χ1n) is 4.83. The molecule has 0 saturated carbocycles. The van der Waals surface area contributed by atoms with Gasteiger partial charge in [0.15, 0.2) is 6.04 Å². The first-order chi connectivity index (χ1) is 8.00. The molecule has 2 amide bonds. The number of hydrogen-bond acceptors (Lipinski definition) is 5. The standard InChI is InChI=1S/C9H13N3O4S/c1-5(13)7(8(14)15)12-9(16)10-2-6-3-17-4-11-6/h3-5,7,13H,2H2,1H3,(H,14,15)(H2,10,12,16)/t5-,7+/m1/s1. The second-order valence-corrected chi connectivity index (χ2v) is 4.08. The van der Waals surface area contributed by atoms with E-state index in [0.29, 0.717) is 5.69 Å².